The molecule has 0 saturated carbocycles. The van der Waals surface area contributed by atoms with E-state index in [4.69, 9.17) is 10.5 Å². The SMILES string of the molecule is CC.CC.CCCC(C)C.CCc1cc(NC(C)=O)cnc1N.CNC=O. The van der Waals surface area contributed by atoms with Crippen LogP contribution >= 0.6 is 0 Å². The zero-order chi connectivity index (χ0) is 22.3. The largest absolute Gasteiger partial charge is 0.383 e. The molecule has 160 valence electrons. The molecule has 2 amide bonds. The number of carbonyl (C=O) groups is 2. The molecule has 0 saturated heterocycles. The van der Waals surface area contributed by atoms with Crippen molar-refractivity contribution in [2.45, 2.75) is 81.6 Å². The second-order valence-electron chi connectivity index (χ2n) is 5.39. The number of nitrogens with two attached hydrogens (primary N) is 1. The molecule has 27 heavy (non-hydrogen) atoms. The lowest BCUT2D eigenvalue weighted by Gasteiger charge is -2.05. The van der Waals surface area contributed by atoms with Gasteiger partial charge in [0.1, 0.15) is 5.82 Å². The maximum Gasteiger partial charge on any atom is 0.221 e. The second-order valence-corrected chi connectivity index (χ2v) is 5.39. The van der Waals surface area contributed by atoms with Crippen LogP contribution in [0.2, 0.25) is 0 Å². The molecule has 1 heterocycles. The summed E-state index contributed by atoms with van der Waals surface area (Å²) >= 11 is 0. The summed E-state index contributed by atoms with van der Waals surface area (Å²) in [6, 6.07) is 1.84. The number of nitrogen functional groups attached to an aromatic ring is 1. The third-order valence-electron chi connectivity index (χ3n) is 2.69. The van der Waals surface area contributed by atoms with Crippen molar-refractivity contribution in [1.82, 2.24) is 10.3 Å². The van der Waals surface area contributed by atoms with Gasteiger partial charge in [0.25, 0.3) is 0 Å². The average molecular weight is 385 g/mol. The quantitative estimate of drug-likeness (QED) is 0.619. The Morgan fingerprint density at radius 2 is 1.70 bits per heavy atom. The fourth-order valence-corrected chi connectivity index (χ4v) is 1.65. The van der Waals surface area contributed by atoms with Crippen LogP contribution in [0, 0.1) is 5.92 Å². The molecule has 0 radical (unpaired) electrons. The lowest BCUT2D eigenvalue weighted by molar-refractivity contribution is -0.114. The lowest BCUT2D eigenvalue weighted by Crippen LogP contribution is -2.07. The Bertz CT molecular complexity index is 450. The molecule has 0 unspecified atom stereocenters. The van der Waals surface area contributed by atoms with Gasteiger partial charge in [-0.2, -0.15) is 0 Å². The van der Waals surface area contributed by atoms with E-state index in [9.17, 15) is 4.79 Å². The molecule has 1 aromatic heterocycles. The first kappa shape index (κ1) is 32.6. The highest BCUT2D eigenvalue weighted by molar-refractivity contribution is 5.88. The number of pyridine rings is 1. The molecule has 0 bridgehead atoms. The number of nitrogens with zero attached hydrogens (tertiary/aromatic N) is 1. The van der Waals surface area contributed by atoms with E-state index in [1.165, 1.54) is 19.8 Å². The van der Waals surface area contributed by atoms with Crippen molar-refractivity contribution >= 4 is 23.8 Å². The smallest absolute Gasteiger partial charge is 0.221 e. The maximum atomic E-state index is 10.7. The molecular weight excluding hydrogens is 340 g/mol. The van der Waals surface area contributed by atoms with Crippen LogP contribution in [0.15, 0.2) is 12.3 Å². The molecule has 1 rings (SSSR count). The highest BCUT2D eigenvalue weighted by Gasteiger charge is 2.01. The number of amides is 2. The molecule has 6 heteroatoms. The van der Waals surface area contributed by atoms with Gasteiger partial charge < -0.3 is 16.4 Å². The first-order chi connectivity index (χ1) is 12.8. The van der Waals surface area contributed by atoms with Crippen molar-refractivity contribution in [3.05, 3.63) is 17.8 Å². The van der Waals surface area contributed by atoms with Crippen LogP contribution in [-0.2, 0) is 16.0 Å². The predicted octanol–water partition coefficient (Wildman–Crippen LogP) is 5.04. The Morgan fingerprint density at radius 1 is 1.22 bits per heavy atom. The van der Waals surface area contributed by atoms with E-state index in [0.717, 1.165) is 17.9 Å². The Balaban J connectivity index is -0.000000158. The van der Waals surface area contributed by atoms with E-state index in [-0.39, 0.29) is 5.91 Å². The Hall–Kier alpha value is -2.11. The van der Waals surface area contributed by atoms with Crippen molar-refractivity contribution in [1.29, 1.82) is 0 Å². The van der Waals surface area contributed by atoms with Gasteiger partial charge in [-0.05, 0) is 24.0 Å². The summed E-state index contributed by atoms with van der Waals surface area (Å²) in [7, 11) is 1.56. The van der Waals surface area contributed by atoms with Crippen molar-refractivity contribution in [3.8, 4) is 0 Å². The van der Waals surface area contributed by atoms with Gasteiger partial charge in [-0.3, -0.25) is 9.59 Å². The maximum absolute atomic E-state index is 10.7. The van der Waals surface area contributed by atoms with E-state index in [2.05, 4.69) is 36.4 Å². The number of hydrogen-bond acceptors (Lipinski definition) is 4. The summed E-state index contributed by atoms with van der Waals surface area (Å²) in [6.45, 7) is 18.2. The molecule has 0 spiro atoms. The summed E-state index contributed by atoms with van der Waals surface area (Å²) in [6.07, 6.45) is 5.69. The number of nitrogens with one attached hydrogen (secondary N) is 2. The summed E-state index contributed by atoms with van der Waals surface area (Å²) < 4.78 is 0. The topological polar surface area (TPSA) is 97.1 Å². The summed E-state index contributed by atoms with van der Waals surface area (Å²) in [5.74, 6) is 1.32. The molecule has 0 aliphatic rings. The molecule has 0 atom stereocenters. The van der Waals surface area contributed by atoms with Crippen molar-refractivity contribution in [3.63, 3.8) is 0 Å². The molecule has 0 aliphatic heterocycles. The number of aromatic nitrogens is 1. The fourth-order valence-electron chi connectivity index (χ4n) is 1.65. The summed E-state index contributed by atoms with van der Waals surface area (Å²) in [4.78, 5) is 23.8. The van der Waals surface area contributed by atoms with Crippen molar-refractivity contribution in [2.24, 2.45) is 5.92 Å². The Labute approximate surface area is 167 Å². The first-order valence-corrected chi connectivity index (χ1v) is 9.95. The Kier molecular flexibility index (Phi) is 31.5. The van der Waals surface area contributed by atoms with Gasteiger partial charge in [-0.1, -0.05) is 68.2 Å². The normalized spacial score (nSPS) is 8.11. The highest BCUT2D eigenvalue weighted by atomic mass is 16.1. The molecular formula is C21H44N4O2. The monoisotopic (exact) mass is 384 g/mol. The van der Waals surface area contributed by atoms with Gasteiger partial charge in [-0.25, -0.2) is 4.98 Å². The number of hydrogen-bond donors (Lipinski definition) is 3. The van der Waals surface area contributed by atoms with Crippen LogP contribution in [0.3, 0.4) is 0 Å². The standard InChI is InChI=1S/C9H13N3O.C6H14.C2H5NO.2C2H6/c1-3-7-4-8(12-6(2)13)5-11-9(7)10;1-4-5-6(2)3;1-3-2-4;2*1-2/h4-5H,3H2,1-2H3,(H2,10,11)(H,12,13);6H,4-5H2,1-3H3;2H,1H3,(H,3,4);2*1-2H3. The third-order valence-corrected chi connectivity index (χ3v) is 2.69. The average Bonchev–Trinajstić information content (AvgIpc) is 2.66. The number of rotatable bonds is 5. The summed E-state index contributed by atoms with van der Waals surface area (Å²) in [5, 5.41) is 4.90. The third kappa shape index (κ3) is 26.2. The fraction of sp³-hybridized carbons (Fsp3) is 0.667. The second kappa shape index (κ2) is 26.1. The van der Waals surface area contributed by atoms with Gasteiger partial charge in [0.2, 0.25) is 12.3 Å². The van der Waals surface area contributed by atoms with Crippen LogP contribution in [0.5, 0.6) is 0 Å². The van der Waals surface area contributed by atoms with Gasteiger partial charge in [0.15, 0.2) is 0 Å². The molecule has 0 aromatic carbocycles. The number of aryl methyl sites for hydroxylation is 1. The summed E-state index contributed by atoms with van der Waals surface area (Å²) in [5.41, 5.74) is 7.25. The minimum Gasteiger partial charge on any atom is -0.383 e. The molecule has 6 nitrogen and oxygen atoms in total. The predicted molar refractivity (Wildman–Crippen MR) is 120 cm³/mol. The van der Waals surface area contributed by atoms with E-state index in [0.29, 0.717) is 17.9 Å². The molecule has 1 aromatic rings. The van der Waals surface area contributed by atoms with Gasteiger partial charge in [-0.15, -0.1) is 0 Å². The van der Waals surface area contributed by atoms with Gasteiger partial charge in [0.05, 0.1) is 11.9 Å². The molecule has 0 aliphatic carbocycles. The van der Waals surface area contributed by atoms with E-state index in [1.54, 1.807) is 13.2 Å². The van der Waals surface area contributed by atoms with Crippen LogP contribution in [0.4, 0.5) is 11.5 Å². The van der Waals surface area contributed by atoms with Gasteiger partial charge >= 0.3 is 0 Å². The van der Waals surface area contributed by atoms with Crippen molar-refractivity contribution in [2.75, 3.05) is 18.1 Å². The van der Waals surface area contributed by atoms with Gasteiger partial charge in [0, 0.05) is 14.0 Å². The number of carbonyl (C=O) groups excluding carboxylic acids is 2. The highest BCUT2D eigenvalue weighted by Crippen LogP contribution is 2.14. The number of anilines is 2. The molecule has 4 N–H and O–H groups in total. The Morgan fingerprint density at radius 3 is 1.96 bits per heavy atom. The molecule has 0 fully saturated rings. The minimum absolute atomic E-state index is 0.103. The van der Waals surface area contributed by atoms with E-state index in [1.807, 2.05) is 40.7 Å². The van der Waals surface area contributed by atoms with E-state index < -0.39 is 0 Å². The van der Waals surface area contributed by atoms with Crippen molar-refractivity contribution < 1.29 is 9.59 Å². The minimum atomic E-state index is -0.103. The zero-order valence-electron chi connectivity index (χ0n) is 19.3. The van der Waals surface area contributed by atoms with Crippen LogP contribution in [-0.4, -0.2) is 24.3 Å². The lowest BCUT2D eigenvalue weighted by atomic mass is 10.1. The zero-order valence-corrected chi connectivity index (χ0v) is 19.3. The van der Waals surface area contributed by atoms with E-state index >= 15 is 0 Å². The van der Waals surface area contributed by atoms with Crippen LogP contribution < -0.4 is 16.4 Å². The van der Waals surface area contributed by atoms with Crippen LogP contribution in [0.25, 0.3) is 0 Å². The van der Waals surface area contributed by atoms with Crippen LogP contribution in [0.1, 0.15) is 80.7 Å². The first-order valence-electron chi connectivity index (χ1n) is 9.95.